The van der Waals surface area contributed by atoms with Gasteiger partial charge in [0.2, 0.25) is 0 Å². The van der Waals surface area contributed by atoms with Crippen molar-refractivity contribution in [1.82, 2.24) is 5.32 Å². The van der Waals surface area contributed by atoms with E-state index in [1.54, 1.807) is 7.11 Å². The van der Waals surface area contributed by atoms with Crippen LogP contribution >= 0.6 is 0 Å². The number of nitrogens with one attached hydrogen (secondary N) is 1. The van der Waals surface area contributed by atoms with Crippen molar-refractivity contribution in [3.63, 3.8) is 0 Å². The highest BCUT2D eigenvalue weighted by atomic mass is 16.5. The van der Waals surface area contributed by atoms with Gasteiger partial charge in [-0.05, 0) is 41.5 Å². The maximum atomic E-state index is 5.22. The summed E-state index contributed by atoms with van der Waals surface area (Å²) in [7, 11) is 1.69. The third-order valence-electron chi connectivity index (χ3n) is 2.83. The van der Waals surface area contributed by atoms with Crippen molar-refractivity contribution in [3.8, 4) is 17.6 Å². The SMILES string of the molecule is CC#CCNCc1ccc2cc(OC)ccc2c1. The van der Waals surface area contributed by atoms with Crippen LogP contribution < -0.4 is 10.1 Å². The zero-order chi connectivity index (χ0) is 12.8. The highest BCUT2D eigenvalue weighted by Crippen LogP contribution is 2.21. The summed E-state index contributed by atoms with van der Waals surface area (Å²) in [4.78, 5) is 0. The van der Waals surface area contributed by atoms with E-state index in [2.05, 4.69) is 47.5 Å². The Morgan fingerprint density at radius 3 is 2.67 bits per heavy atom. The minimum atomic E-state index is 0.733. The van der Waals surface area contributed by atoms with Gasteiger partial charge < -0.3 is 10.1 Å². The van der Waals surface area contributed by atoms with Crippen molar-refractivity contribution in [2.45, 2.75) is 13.5 Å². The van der Waals surface area contributed by atoms with Crippen LogP contribution in [0.25, 0.3) is 10.8 Å². The fraction of sp³-hybridized carbons (Fsp3) is 0.250. The van der Waals surface area contributed by atoms with Crippen LogP contribution in [0.15, 0.2) is 36.4 Å². The Balaban J connectivity index is 2.14. The van der Waals surface area contributed by atoms with Gasteiger partial charge in [0.1, 0.15) is 5.75 Å². The molecule has 0 atom stereocenters. The Hall–Kier alpha value is -1.98. The molecule has 0 aromatic heterocycles. The Morgan fingerprint density at radius 2 is 1.89 bits per heavy atom. The van der Waals surface area contributed by atoms with Crippen molar-refractivity contribution in [2.75, 3.05) is 13.7 Å². The highest BCUT2D eigenvalue weighted by molar-refractivity contribution is 5.84. The molecule has 0 bridgehead atoms. The van der Waals surface area contributed by atoms with E-state index in [1.165, 1.54) is 16.3 Å². The zero-order valence-electron chi connectivity index (χ0n) is 10.8. The number of rotatable bonds is 4. The van der Waals surface area contributed by atoms with Crippen molar-refractivity contribution in [2.24, 2.45) is 0 Å². The molecule has 0 saturated carbocycles. The Bertz CT molecular complexity index is 593. The molecule has 18 heavy (non-hydrogen) atoms. The molecule has 0 fully saturated rings. The predicted octanol–water partition coefficient (Wildman–Crippen LogP) is 2.96. The van der Waals surface area contributed by atoms with Gasteiger partial charge in [-0.1, -0.05) is 24.1 Å². The van der Waals surface area contributed by atoms with Crippen LogP contribution in [-0.2, 0) is 6.54 Å². The molecule has 0 saturated heterocycles. The van der Waals surface area contributed by atoms with E-state index in [4.69, 9.17) is 4.74 Å². The minimum Gasteiger partial charge on any atom is -0.497 e. The molecule has 0 radical (unpaired) electrons. The van der Waals surface area contributed by atoms with E-state index in [-0.39, 0.29) is 0 Å². The second-order valence-electron chi connectivity index (χ2n) is 4.08. The lowest BCUT2D eigenvalue weighted by molar-refractivity contribution is 0.415. The molecule has 0 heterocycles. The van der Waals surface area contributed by atoms with E-state index in [0.717, 1.165) is 18.8 Å². The third-order valence-corrected chi connectivity index (χ3v) is 2.83. The smallest absolute Gasteiger partial charge is 0.119 e. The molecule has 2 rings (SSSR count). The topological polar surface area (TPSA) is 21.3 Å². The average molecular weight is 239 g/mol. The number of methoxy groups -OCH3 is 1. The molecule has 0 aliphatic heterocycles. The predicted molar refractivity (Wildman–Crippen MR) is 75.7 cm³/mol. The van der Waals surface area contributed by atoms with Crippen molar-refractivity contribution in [3.05, 3.63) is 42.0 Å². The summed E-state index contributed by atoms with van der Waals surface area (Å²) in [5.41, 5.74) is 1.27. The fourth-order valence-corrected chi connectivity index (χ4v) is 1.87. The Kier molecular flexibility index (Phi) is 4.22. The fourth-order valence-electron chi connectivity index (χ4n) is 1.87. The molecule has 2 aromatic carbocycles. The summed E-state index contributed by atoms with van der Waals surface area (Å²) in [6.45, 7) is 3.43. The van der Waals surface area contributed by atoms with Gasteiger partial charge in [0.15, 0.2) is 0 Å². The van der Waals surface area contributed by atoms with Gasteiger partial charge in [0, 0.05) is 6.54 Å². The Morgan fingerprint density at radius 1 is 1.11 bits per heavy atom. The van der Waals surface area contributed by atoms with E-state index >= 15 is 0 Å². The van der Waals surface area contributed by atoms with Crippen LogP contribution in [0.4, 0.5) is 0 Å². The van der Waals surface area contributed by atoms with Gasteiger partial charge in [-0.3, -0.25) is 0 Å². The molecular weight excluding hydrogens is 222 g/mol. The number of benzene rings is 2. The summed E-state index contributed by atoms with van der Waals surface area (Å²) < 4.78 is 5.22. The zero-order valence-corrected chi connectivity index (χ0v) is 10.8. The lowest BCUT2D eigenvalue weighted by Crippen LogP contribution is -2.12. The molecule has 2 aromatic rings. The van der Waals surface area contributed by atoms with Crippen LogP contribution in [0.1, 0.15) is 12.5 Å². The first-order chi connectivity index (χ1) is 8.83. The lowest BCUT2D eigenvalue weighted by atomic mass is 10.1. The molecule has 0 spiro atoms. The first-order valence-electron chi connectivity index (χ1n) is 6.00. The Labute approximate surface area is 108 Å². The van der Waals surface area contributed by atoms with Gasteiger partial charge in [0.25, 0.3) is 0 Å². The van der Waals surface area contributed by atoms with E-state index < -0.39 is 0 Å². The molecule has 92 valence electrons. The van der Waals surface area contributed by atoms with Crippen molar-refractivity contribution in [1.29, 1.82) is 0 Å². The number of hydrogen-bond donors (Lipinski definition) is 1. The molecule has 0 amide bonds. The summed E-state index contributed by atoms with van der Waals surface area (Å²) in [5, 5.41) is 5.72. The summed E-state index contributed by atoms with van der Waals surface area (Å²) >= 11 is 0. The van der Waals surface area contributed by atoms with Gasteiger partial charge in [-0.2, -0.15) is 0 Å². The second kappa shape index (κ2) is 6.09. The summed E-state index contributed by atoms with van der Waals surface area (Å²) in [6, 6.07) is 12.6. The van der Waals surface area contributed by atoms with Crippen LogP contribution in [0.5, 0.6) is 5.75 Å². The van der Waals surface area contributed by atoms with Crippen LogP contribution in [0.3, 0.4) is 0 Å². The van der Waals surface area contributed by atoms with Gasteiger partial charge >= 0.3 is 0 Å². The maximum absolute atomic E-state index is 5.22. The first kappa shape index (κ1) is 12.5. The third kappa shape index (κ3) is 3.03. The number of ether oxygens (including phenoxy) is 1. The number of hydrogen-bond acceptors (Lipinski definition) is 2. The van der Waals surface area contributed by atoms with E-state index in [1.807, 2.05) is 13.0 Å². The molecule has 0 aliphatic rings. The molecule has 2 heteroatoms. The standard InChI is InChI=1S/C16H17NO/c1-3-4-9-17-12-13-5-6-15-11-16(18-2)8-7-14(15)10-13/h5-8,10-11,17H,9,12H2,1-2H3. The van der Waals surface area contributed by atoms with Gasteiger partial charge in [-0.25, -0.2) is 0 Å². The lowest BCUT2D eigenvalue weighted by Gasteiger charge is -2.06. The van der Waals surface area contributed by atoms with Crippen molar-refractivity contribution >= 4 is 10.8 Å². The molecule has 1 N–H and O–H groups in total. The second-order valence-corrected chi connectivity index (χ2v) is 4.08. The van der Waals surface area contributed by atoms with Crippen LogP contribution in [0.2, 0.25) is 0 Å². The molecular formula is C16H17NO. The van der Waals surface area contributed by atoms with Crippen molar-refractivity contribution < 1.29 is 4.74 Å². The van der Waals surface area contributed by atoms with Crippen LogP contribution in [0, 0.1) is 11.8 Å². The molecule has 2 nitrogen and oxygen atoms in total. The average Bonchev–Trinajstić information content (AvgIpc) is 2.43. The maximum Gasteiger partial charge on any atom is 0.119 e. The monoisotopic (exact) mass is 239 g/mol. The quantitative estimate of drug-likeness (QED) is 0.654. The van der Waals surface area contributed by atoms with E-state index in [0.29, 0.717) is 0 Å². The molecule has 0 aliphatic carbocycles. The normalized spacial score (nSPS) is 9.89. The summed E-state index contributed by atoms with van der Waals surface area (Å²) in [5.74, 6) is 6.76. The number of fused-ring (bicyclic) bond motifs is 1. The highest BCUT2D eigenvalue weighted by Gasteiger charge is 1.98. The van der Waals surface area contributed by atoms with Gasteiger partial charge in [-0.15, -0.1) is 5.92 Å². The van der Waals surface area contributed by atoms with Crippen LogP contribution in [-0.4, -0.2) is 13.7 Å². The van der Waals surface area contributed by atoms with Gasteiger partial charge in [0.05, 0.1) is 13.7 Å². The minimum absolute atomic E-state index is 0.733. The molecule has 0 unspecified atom stereocenters. The summed E-state index contributed by atoms with van der Waals surface area (Å²) in [6.07, 6.45) is 0. The first-order valence-corrected chi connectivity index (χ1v) is 6.00. The largest absolute Gasteiger partial charge is 0.497 e. The van der Waals surface area contributed by atoms with E-state index in [9.17, 15) is 0 Å².